The summed E-state index contributed by atoms with van der Waals surface area (Å²) >= 11 is 0. The van der Waals surface area contributed by atoms with Crippen LogP contribution in [0.25, 0.3) is 11.4 Å². The van der Waals surface area contributed by atoms with Crippen molar-refractivity contribution in [3.05, 3.63) is 36.2 Å². The Labute approximate surface area is 138 Å². The molecule has 2 aromatic rings. The highest BCUT2D eigenvalue weighted by atomic mass is 16.5. The molecule has 0 amide bonds. The summed E-state index contributed by atoms with van der Waals surface area (Å²) < 4.78 is 5.37. The number of rotatable bonds is 7. The Hall–Kier alpha value is -1.68. The van der Waals surface area contributed by atoms with Crippen LogP contribution in [0.1, 0.15) is 44.4 Å². The van der Waals surface area contributed by atoms with Crippen molar-refractivity contribution in [3.8, 4) is 11.4 Å². The van der Waals surface area contributed by atoms with Crippen molar-refractivity contribution >= 4 is 0 Å². The van der Waals surface area contributed by atoms with Crippen molar-refractivity contribution in [2.45, 2.75) is 44.9 Å². The summed E-state index contributed by atoms with van der Waals surface area (Å²) in [4.78, 5) is 6.96. The van der Waals surface area contributed by atoms with E-state index in [0.29, 0.717) is 5.82 Å². The Morgan fingerprint density at radius 3 is 2.70 bits per heavy atom. The number of benzene rings is 1. The average Bonchev–Trinajstić information content (AvgIpc) is 3.05. The fourth-order valence-electron chi connectivity index (χ4n) is 3.46. The van der Waals surface area contributed by atoms with Gasteiger partial charge < -0.3 is 9.42 Å². The maximum absolute atomic E-state index is 5.37. The monoisotopic (exact) mass is 313 g/mol. The summed E-state index contributed by atoms with van der Waals surface area (Å²) in [6.07, 6.45) is 9.02. The van der Waals surface area contributed by atoms with E-state index in [9.17, 15) is 0 Å². The Morgan fingerprint density at radius 1 is 1.13 bits per heavy atom. The molecule has 124 valence electrons. The van der Waals surface area contributed by atoms with Crippen LogP contribution in [0.3, 0.4) is 0 Å². The van der Waals surface area contributed by atoms with E-state index in [-0.39, 0.29) is 0 Å². The summed E-state index contributed by atoms with van der Waals surface area (Å²) in [6, 6.07) is 9.99. The van der Waals surface area contributed by atoms with E-state index in [4.69, 9.17) is 4.52 Å². The highest BCUT2D eigenvalue weighted by molar-refractivity contribution is 5.53. The topological polar surface area (TPSA) is 42.2 Å². The minimum atomic E-state index is 0.691. The zero-order chi connectivity index (χ0) is 15.9. The molecule has 0 N–H and O–H groups in total. The standard InChI is InChI=1S/C19H27N3O/c1-22(15-16-9-4-2-5-10-16)14-8-13-18-20-19(21-23-18)17-11-6-3-7-12-17/h3,6-7,11-12,16H,2,4-5,8-10,13-15H2,1H3. The van der Waals surface area contributed by atoms with Crippen LogP contribution in [-0.4, -0.2) is 35.2 Å². The summed E-state index contributed by atoms with van der Waals surface area (Å²) in [6.45, 7) is 2.33. The number of aromatic nitrogens is 2. The zero-order valence-corrected chi connectivity index (χ0v) is 14.1. The van der Waals surface area contributed by atoms with Gasteiger partial charge in [0.2, 0.25) is 11.7 Å². The van der Waals surface area contributed by atoms with Gasteiger partial charge in [0.15, 0.2) is 0 Å². The molecule has 1 aromatic carbocycles. The molecular weight excluding hydrogens is 286 g/mol. The fourth-order valence-corrected chi connectivity index (χ4v) is 3.46. The van der Waals surface area contributed by atoms with Gasteiger partial charge in [-0.25, -0.2) is 0 Å². The SMILES string of the molecule is CN(CCCc1nc(-c2ccccc2)no1)CC1CCCCC1. The smallest absolute Gasteiger partial charge is 0.227 e. The van der Waals surface area contributed by atoms with Gasteiger partial charge in [-0.2, -0.15) is 4.98 Å². The first kappa shape index (κ1) is 16.2. The maximum atomic E-state index is 5.37. The summed E-state index contributed by atoms with van der Waals surface area (Å²) in [7, 11) is 2.23. The molecule has 1 fully saturated rings. The molecule has 0 unspecified atom stereocenters. The van der Waals surface area contributed by atoms with Gasteiger partial charge in [0.25, 0.3) is 0 Å². The highest BCUT2D eigenvalue weighted by Crippen LogP contribution is 2.24. The van der Waals surface area contributed by atoms with Gasteiger partial charge in [-0.15, -0.1) is 0 Å². The number of nitrogens with zero attached hydrogens (tertiary/aromatic N) is 3. The van der Waals surface area contributed by atoms with Crippen molar-refractivity contribution < 1.29 is 4.52 Å². The highest BCUT2D eigenvalue weighted by Gasteiger charge is 2.15. The van der Waals surface area contributed by atoms with Crippen LogP contribution >= 0.6 is 0 Å². The molecule has 4 nitrogen and oxygen atoms in total. The Morgan fingerprint density at radius 2 is 1.91 bits per heavy atom. The van der Waals surface area contributed by atoms with E-state index >= 15 is 0 Å². The lowest BCUT2D eigenvalue weighted by molar-refractivity contribution is 0.230. The van der Waals surface area contributed by atoms with Crippen LogP contribution in [0.15, 0.2) is 34.9 Å². The molecule has 23 heavy (non-hydrogen) atoms. The Bertz CT molecular complexity index is 575. The van der Waals surface area contributed by atoms with Crippen LogP contribution in [-0.2, 0) is 6.42 Å². The molecule has 0 spiro atoms. The van der Waals surface area contributed by atoms with Crippen molar-refractivity contribution in [2.75, 3.05) is 20.1 Å². The lowest BCUT2D eigenvalue weighted by atomic mass is 9.89. The molecule has 1 aromatic heterocycles. The molecule has 0 aliphatic heterocycles. The van der Waals surface area contributed by atoms with E-state index in [1.807, 2.05) is 30.3 Å². The van der Waals surface area contributed by atoms with Crippen molar-refractivity contribution in [2.24, 2.45) is 5.92 Å². The second kappa shape index (κ2) is 8.25. The van der Waals surface area contributed by atoms with Gasteiger partial charge in [0.1, 0.15) is 0 Å². The van der Waals surface area contributed by atoms with E-state index < -0.39 is 0 Å². The fraction of sp³-hybridized carbons (Fsp3) is 0.579. The second-order valence-electron chi connectivity index (χ2n) is 6.75. The van der Waals surface area contributed by atoms with Crippen molar-refractivity contribution in [1.82, 2.24) is 15.0 Å². The third-order valence-electron chi connectivity index (χ3n) is 4.73. The number of aryl methyl sites for hydroxylation is 1. The number of hydrogen-bond donors (Lipinski definition) is 0. The maximum Gasteiger partial charge on any atom is 0.227 e. The second-order valence-corrected chi connectivity index (χ2v) is 6.75. The third kappa shape index (κ3) is 4.90. The molecule has 0 atom stereocenters. The van der Waals surface area contributed by atoms with Gasteiger partial charge in [0, 0.05) is 18.5 Å². The molecule has 3 rings (SSSR count). The van der Waals surface area contributed by atoms with Crippen molar-refractivity contribution in [1.29, 1.82) is 0 Å². The van der Waals surface area contributed by atoms with Crippen LogP contribution in [0.5, 0.6) is 0 Å². The van der Waals surface area contributed by atoms with E-state index in [0.717, 1.165) is 36.8 Å². The molecule has 1 aliphatic carbocycles. The predicted octanol–water partition coefficient (Wildman–Crippen LogP) is 4.18. The lowest BCUT2D eigenvalue weighted by Crippen LogP contribution is -2.28. The first-order chi connectivity index (χ1) is 11.3. The summed E-state index contributed by atoms with van der Waals surface area (Å²) in [5.74, 6) is 2.34. The Balaban J connectivity index is 1.41. The third-order valence-corrected chi connectivity index (χ3v) is 4.73. The molecule has 1 aliphatic rings. The normalized spacial score (nSPS) is 16.1. The van der Waals surface area contributed by atoms with Gasteiger partial charge in [-0.1, -0.05) is 54.8 Å². The first-order valence-electron chi connectivity index (χ1n) is 8.88. The quantitative estimate of drug-likeness (QED) is 0.769. The molecule has 0 bridgehead atoms. The molecule has 0 saturated heterocycles. The van der Waals surface area contributed by atoms with Gasteiger partial charge in [-0.05, 0) is 38.8 Å². The largest absolute Gasteiger partial charge is 0.339 e. The molecule has 1 heterocycles. The van der Waals surface area contributed by atoms with E-state index in [1.54, 1.807) is 0 Å². The number of hydrogen-bond acceptors (Lipinski definition) is 4. The minimum Gasteiger partial charge on any atom is -0.339 e. The zero-order valence-electron chi connectivity index (χ0n) is 14.1. The first-order valence-corrected chi connectivity index (χ1v) is 8.88. The average molecular weight is 313 g/mol. The Kier molecular flexibility index (Phi) is 5.81. The van der Waals surface area contributed by atoms with Gasteiger partial charge in [0.05, 0.1) is 0 Å². The summed E-state index contributed by atoms with van der Waals surface area (Å²) in [5, 5.41) is 4.08. The van der Waals surface area contributed by atoms with Crippen LogP contribution in [0.2, 0.25) is 0 Å². The minimum absolute atomic E-state index is 0.691. The predicted molar refractivity (Wildman–Crippen MR) is 92.1 cm³/mol. The molecule has 1 saturated carbocycles. The van der Waals surface area contributed by atoms with Gasteiger partial charge in [-0.3, -0.25) is 0 Å². The van der Waals surface area contributed by atoms with Crippen LogP contribution < -0.4 is 0 Å². The van der Waals surface area contributed by atoms with E-state index in [2.05, 4.69) is 22.1 Å². The molecule has 4 heteroatoms. The van der Waals surface area contributed by atoms with Crippen molar-refractivity contribution in [3.63, 3.8) is 0 Å². The molecule has 0 radical (unpaired) electrons. The molecular formula is C19H27N3O. The lowest BCUT2D eigenvalue weighted by Gasteiger charge is -2.26. The van der Waals surface area contributed by atoms with Crippen LogP contribution in [0.4, 0.5) is 0 Å². The van der Waals surface area contributed by atoms with Crippen LogP contribution in [0, 0.1) is 5.92 Å². The summed E-state index contributed by atoms with van der Waals surface area (Å²) in [5.41, 5.74) is 1.01. The van der Waals surface area contributed by atoms with E-state index in [1.165, 1.54) is 38.6 Å². The van der Waals surface area contributed by atoms with Gasteiger partial charge >= 0.3 is 0 Å².